The van der Waals surface area contributed by atoms with Crippen LogP contribution in [0.2, 0.25) is 0 Å². The summed E-state index contributed by atoms with van der Waals surface area (Å²) in [5.74, 6) is 0.490. The fourth-order valence-corrected chi connectivity index (χ4v) is 2.48. The predicted molar refractivity (Wildman–Crippen MR) is 81.5 cm³/mol. The molecule has 2 aromatic carbocycles. The standard InChI is InChI=1S/C17H17ClO2/c1-12-5-3-4-6-15(12)16(17(18)19)11-13-7-9-14(20-2)10-8-13/h3-10,16H,11H2,1-2H3. The van der Waals surface area contributed by atoms with Gasteiger partial charge in [-0.2, -0.15) is 0 Å². The lowest BCUT2D eigenvalue weighted by molar-refractivity contribution is -0.113. The Kier molecular flexibility index (Phi) is 4.80. The van der Waals surface area contributed by atoms with E-state index in [1.807, 2.05) is 55.5 Å². The SMILES string of the molecule is COc1ccc(CC(C(=O)Cl)c2ccccc2C)cc1. The monoisotopic (exact) mass is 288 g/mol. The Hall–Kier alpha value is -1.80. The first-order valence-electron chi connectivity index (χ1n) is 6.49. The zero-order valence-corrected chi connectivity index (χ0v) is 12.4. The van der Waals surface area contributed by atoms with E-state index in [0.29, 0.717) is 6.42 Å². The minimum absolute atomic E-state index is 0.314. The summed E-state index contributed by atoms with van der Waals surface area (Å²) in [6, 6.07) is 15.6. The van der Waals surface area contributed by atoms with Crippen LogP contribution in [0.5, 0.6) is 5.75 Å². The van der Waals surface area contributed by atoms with E-state index in [-0.39, 0.29) is 11.2 Å². The van der Waals surface area contributed by atoms with Crippen molar-refractivity contribution in [2.24, 2.45) is 0 Å². The quantitative estimate of drug-likeness (QED) is 0.775. The Morgan fingerprint density at radius 1 is 1.15 bits per heavy atom. The molecule has 0 aliphatic carbocycles. The van der Waals surface area contributed by atoms with Gasteiger partial charge in [0.15, 0.2) is 0 Å². The Labute approximate surface area is 124 Å². The van der Waals surface area contributed by atoms with Gasteiger partial charge in [-0.05, 0) is 53.8 Å². The summed E-state index contributed by atoms with van der Waals surface area (Å²) in [7, 11) is 1.63. The Bertz CT molecular complexity index is 590. The molecule has 0 spiro atoms. The number of rotatable bonds is 5. The molecule has 104 valence electrons. The molecule has 0 aliphatic rings. The molecule has 1 unspecified atom stereocenters. The molecular weight excluding hydrogens is 272 g/mol. The largest absolute Gasteiger partial charge is 0.497 e. The Morgan fingerprint density at radius 2 is 1.80 bits per heavy atom. The predicted octanol–water partition coefficient (Wildman–Crippen LogP) is 4.10. The Balaban J connectivity index is 2.26. The summed E-state index contributed by atoms with van der Waals surface area (Å²) >= 11 is 5.80. The third-order valence-electron chi connectivity index (χ3n) is 3.44. The van der Waals surface area contributed by atoms with Crippen molar-refractivity contribution in [1.82, 2.24) is 0 Å². The molecule has 2 aromatic rings. The summed E-state index contributed by atoms with van der Waals surface area (Å²) < 4.78 is 5.13. The van der Waals surface area contributed by atoms with Crippen LogP contribution in [-0.2, 0) is 11.2 Å². The fraction of sp³-hybridized carbons (Fsp3) is 0.235. The zero-order chi connectivity index (χ0) is 14.5. The van der Waals surface area contributed by atoms with E-state index in [9.17, 15) is 4.79 Å². The number of aryl methyl sites for hydroxylation is 1. The van der Waals surface area contributed by atoms with E-state index in [0.717, 1.165) is 22.4 Å². The van der Waals surface area contributed by atoms with Gasteiger partial charge in [-0.1, -0.05) is 36.4 Å². The van der Waals surface area contributed by atoms with Gasteiger partial charge in [0, 0.05) is 0 Å². The molecule has 0 aromatic heterocycles. The molecule has 0 radical (unpaired) electrons. The van der Waals surface area contributed by atoms with E-state index in [1.54, 1.807) is 7.11 Å². The summed E-state index contributed by atoms with van der Waals surface area (Å²) in [6.45, 7) is 2.00. The molecule has 0 heterocycles. The number of carbonyl (C=O) groups excluding carboxylic acids is 1. The third kappa shape index (κ3) is 3.40. The molecule has 0 aliphatic heterocycles. The molecule has 0 bridgehead atoms. The van der Waals surface area contributed by atoms with Crippen LogP contribution in [0.3, 0.4) is 0 Å². The van der Waals surface area contributed by atoms with E-state index >= 15 is 0 Å². The van der Waals surface area contributed by atoms with Crippen LogP contribution in [0.1, 0.15) is 22.6 Å². The van der Waals surface area contributed by atoms with Crippen molar-refractivity contribution in [2.75, 3.05) is 7.11 Å². The van der Waals surface area contributed by atoms with E-state index in [2.05, 4.69) is 0 Å². The second-order valence-electron chi connectivity index (χ2n) is 4.77. The lowest BCUT2D eigenvalue weighted by Crippen LogP contribution is -2.11. The van der Waals surface area contributed by atoms with E-state index < -0.39 is 0 Å². The van der Waals surface area contributed by atoms with E-state index in [1.165, 1.54) is 0 Å². The van der Waals surface area contributed by atoms with Crippen molar-refractivity contribution in [3.05, 3.63) is 65.2 Å². The number of halogens is 1. The summed E-state index contributed by atoms with van der Waals surface area (Å²) in [6.07, 6.45) is 0.594. The molecule has 0 saturated heterocycles. The molecule has 0 N–H and O–H groups in total. The van der Waals surface area contributed by atoms with Crippen molar-refractivity contribution >= 4 is 16.8 Å². The molecule has 3 heteroatoms. The van der Waals surface area contributed by atoms with Crippen LogP contribution in [-0.4, -0.2) is 12.4 Å². The van der Waals surface area contributed by atoms with Crippen molar-refractivity contribution < 1.29 is 9.53 Å². The van der Waals surface area contributed by atoms with Gasteiger partial charge >= 0.3 is 0 Å². The van der Waals surface area contributed by atoms with E-state index in [4.69, 9.17) is 16.3 Å². The lowest BCUT2D eigenvalue weighted by atomic mass is 9.90. The first kappa shape index (κ1) is 14.6. The maximum atomic E-state index is 11.8. The van der Waals surface area contributed by atoms with Crippen molar-refractivity contribution in [3.63, 3.8) is 0 Å². The van der Waals surface area contributed by atoms with Crippen molar-refractivity contribution in [3.8, 4) is 5.75 Å². The summed E-state index contributed by atoms with van der Waals surface area (Å²) in [5.41, 5.74) is 3.14. The second kappa shape index (κ2) is 6.58. The van der Waals surface area contributed by atoms with Crippen LogP contribution in [0.4, 0.5) is 0 Å². The average molecular weight is 289 g/mol. The highest BCUT2D eigenvalue weighted by Crippen LogP contribution is 2.27. The normalized spacial score (nSPS) is 11.9. The van der Waals surface area contributed by atoms with Gasteiger partial charge < -0.3 is 4.74 Å². The number of hydrogen-bond acceptors (Lipinski definition) is 2. The smallest absolute Gasteiger partial charge is 0.229 e. The molecule has 0 amide bonds. The third-order valence-corrected chi connectivity index (χ3v) is 3.70. The van der Waals surface area contributed by atoms with Crippen LogP contribution in [0, 0.1) is 6.92 Å². The molecule has 0 fully saturated rings. The topological polar surface area (TPSA) is 26.3 Å². The lowest BCUT2D eigenvalue weighted by Gasteiger charge is -2.15. The number of hydrogen-bond donors (Lipinski definition) is 0. The molecule has 2 rings (SSSR count). The maximum Gasteiger partial charge on any atom is 0.229 e. The van der Waals surface area contributed by atoms with Crippen LogP contribution < -0.4 is 4.74 Å². The minimum atomic E-state index is -0.324. The van der Waals surface area contributed by atoms with Gasteiger partial charge in [0.2, 0.25) is 5.24 Å². The first-order chi connectivity index (χ1) is 9.61. The number of carbonyl (C=O) groups is 1. The molecule has 2 nitrogen and oxygen atoms in total. The molecule has 0 saturated carbocycles. The summed E-state index contributed by atoms with van der Waals surface area (Å²) in [5, 5.41) is -0.324. The molecule has 20 heavy (non-hydrogen) atoms. The second-order valence-corrected chi connectivity index (χ2v) is 5.14. The molecule has 1 atom stereocenters. The highest BCUT2D eigenvalue weighted by Gasteiger charge is 2.20. The highest BCUT2D eigenvalue weighted by molar-refractivity contribution is 6.64. The number of methoxy groups -OCH3 is 1. The fourth-order valence-electron chi connectivity index (χ4n) is 2.29. The van der Waals surface area contributed by atoms with Gasteiger partial charge in [-0.15, -0.1) is 0 Å². The highest BCUT2D eigenvalue weighted by atomic mass is 35.5. The van der Waals surface area contributed by atoms with Crippen LogP contribution in [0.15, 0.2) is 48.5 Å². The molecular formula is C17H17ClO2. The van der Waals surface area contributed by atoms with Crippen LogP contribution >= 0.6 is 11.6 Å². The van der Waals surface area contributed by atoms with Crippen LogP contribution in [0.25, 0.3) is 0 Å². The summed E-state index contributed by atoms with van der Waals surface area (Å²) in [4.78, 5) is 11.8. The van der Waals surface area contributed by atoms with Crippen molar-refractivity contribution in [1.29, 1.82) is 0 Å². The minimum Gasteiger partial charge on any atom is -0.497 e. The zero-order valence-electron chi connectivity index (χ0n) is 11.6. The van der Waals surface area contributed by atoms with Gasteiger partial charge in [-0.3, -0.25) is 4.79 Å². The number of benzene rings is 2. The van der Waals surface area contributed by atoms with Gasteiger partial charge in [0.1, 0.15) is 5.75 Å². The van der Waals surface area contributed by atoms with Gasteiger partial charge in [-0.25, -0.2) is 0 Å². The maximum absolute atomic E-state index is 11.8. The first-order valence-corrected chi connectivity index (χ1v) is 6.87. The van der Waals surface area contributed by atoms with Gasteiger partial charge in [0.25, 0.3) is 0 Å². The Morgan fingerprint density at radius 3 is 2.35 bits per heavy atom. The average Bonchev–Trinajstić information content (AvgIpc) is 2.46. The van der Waals surface area contributed by atoms with Crippen molar-refractivity contribution in [2.45, 2.75) is 19.3 Å². The van der Waals surface area contributed by atoms with Gasteiger partial charge in [0.05, 0.1) is 13.0 Å². The number of ether oxygens (including phenoxy) is 1.